The molecule has 0 bridgehead atoms. The maximum atomic E-state index is 5.39. The highest BCUT2D eigenvalue weighted by atomic mass is 127. The van der Waals surface area contributed by atoms with Gasteiger partial charge in [-0.15, -0.1) is 24.0 Å². The Morgan fingerprint density at radius 1 is 1.42 bits per heavy atom. The average Bonchev–Trinajstić information content (AvgIpc) is 3.29. The van der Waals surface area contributed by atoms with Crippen molar-refractivity contribution in [3.63, 3.8) is 0 Å². The van der Waals surface area contributed by atoms with Crippen LogP contribution in [0.25, 0.3) is 5.82 Å². The van der Waals surface area contributed by atoms with Crippen LogP contribution in [-0.2, 0) is 11.3 Å². The Hall–Kier alpha value is -1.68. The first-order valence-electron chi connectivity index (χ1n) is 7.81. The summed E-state index contributed by atoms with van der Waals surface area (Å²) in [6.07, 6.45) is 8.28. The van der Waals surface area contributed by atoms with Gasteiger partial charge in [-0.25, -0.2) is 9.97 Å². The first-order chi connectivity index (χ1) is 11.4. The van der Waals surface area contributed by atoms with E-state index in [-0.39, 0.29) is 24.0 Å². The van der Waals surface area contributed by atoms with Crippen molar-refractivity contribution in [3.05, 3.63) is 42.6 Å². The minimum absolute atomic E-state index is 0. The van der Waals surface area contributed by atoms with Crippen LogP contribution in [0.5, 0.6) is 0 Å². The summed E-state index contributed by atoms with van der Waals surface area (Å²) < 4.78 is 7.30. The van der Waals surface area contributed by atoms with Crippen molar-refractivity contribution in [1.29, 1.82) is 0 Å². The molecular formula is C16H23IN6O. The van der Waals surface area contributed by atoms with Crippen molar-refractivity contribution < 1.29 is 4.74 Å². The fraction of sp³-hybridized carbons (Fsp3) is 0.438. The Labute approximate surface area is 159 Å². The van der Waals surface area contributed by atoms with Gasteiger partial charge in [0, 0.05) is 56.8 Å². The minimum atomic E-state index is 0. The molecule has 2 N–H and O–H groups in total. The molecule has 0 saturated carbocycles. The molecule has 3 heterocycles. The molecule has 0 spiro atoms. The molecule has 24 heavy (non-hydrogen) atoms. The number of nitrogens with one attached hydrogen (secondary N) is 2. The number of hydrogen-bond donors (Lipinski definition) is 2. The molecule has 0 aliphatic carbocycles. The number of halogens is 1. The molecule has 3 rings (SSSR count). The second kappa shape index (κ2) is 9.58. The van der Waals surface area contributed by atoms with Crippen molar-refractivity contribution in [3.8, 4) is 5.82 Å². The lowest BCUT2D eigenvalue weighted by Gasteiger charge is -2.15. The highest BCUT2D eigenvalue weighted by molar-refractivity contribution is 14.0. The molecule has 0 amide bonds. The zero-order valence-electron chi connectivity index (χ0n) is 13.7. The van der Waals surface area contributed by atoms with E-state index in [1.807, 2.05) is 22.9 Å². The number of hydrogen-bond acceptors (Lipinski definition) is 4. The number of nitrogens with zero attached hydrogens (tertiary/aromatic N) is 4. The third-order valence-corrected chi connectivity index (χ3v) is 3.87. The van der Waals surface area contributed by atoms with E-state index in [4.69, 9.17) is 4.74 Å². The van der Waals surface area contributed by atoms with E-state index in [0.29, 0.717) is 12.5 Å². The standard InChI is InChI=1S/C16H22N6O.HI/c1-17-16(20-9-13-4-8-23-11-13)21-10-14-3-2-5-19-15(14)22-7-6-18-12-22;/h2-3,5-7,12-13H,4,8-11H2,1H3,(H2,17,20,21);1H. The molecule has 1 unspecified atom stereocenters. The van der Waals surface area contributed by atoms with Gasteiger partial charge in [-0.3, -0.25) is 9.56 Å². The van der Waals surface area contributed by atoms with E-state index in [9.17, 15) is 0 Å². The fourth-order valence-corrected chi connectivity index (χ4v) is 2.57. The number of imidazole rings is 1. The SMILES string of the molecule is CN=C(NCc1cccnc1-n1ccnc1)NCC1CCOC1.I. The van der Waals surface area contributed by atoms with Crippen LogP contribution in [0.1, 0.15) is 12.0 Å². The van der Waals surface area contributed by atoms with Crippen LogP contribution in [0.3, 0.4) is 0 Å². The highest BCUT2D eigenvalue weighted by Gasteiger charge is 2.15. The van der Waals surface area contributed by atoms with Gasteiger partial charge in [0.1, 0.15) is 12.1 Å². The van der Waals surface area contributed by atoms with E-state index in [1.165, 1.54) is 0 Å². The molecule has 8 heteroatoms. The molecule has 1 atom stereocenters. The van der Waals surface area contributed by atoms with Gasteiger partial charge >= 0.3 is 0 Å². The van der Waals surface area contributed by atoms with Gasteiger partial charge in [0.2, 0.25) is 0 Å². The first kappa shape index (κ1) is 18.7. The topological polar surface area (TPSA) is 76.4 Å². The third kappa shape index (κ3) is 4.91. The van der Waals surface area contributed by atoms with Crippen LogP contribution in [0.15, 0.2) is 42.0 Å². The molecule has 130 valence electrons. The van der Waals surface area contributed by atoms with Gasteiger partial charge in [-0.05, 0) is 12.5 Å². The lowest BCUT2D eigenvalue weighted by molar-refractivity contribution is 0.186. The average molecular weight is 442 g/mol. The zero-order chi connectivity index (χ0) is 15.9. The summed E-state index contributed by atoms with van der Waals surface area (Å²) in [5.74, 6) is 2.22. The zero-order valence-corrected chi connectivity index (χ0v) is 16.0. The molecule has 2 aromatic heterocycles. The maximum Gasteiger partial charge on any atom is 0.191 e. The van der Waals surface area contributed by atoms with Gasteiger partial charge in [0.05, 0.1) is 6.61 Å². The predicted molar refractivity (Wildman–Crippen MR) is 104 cm³/mol. The van der Waals surface area contributed by atoms with Gasteiger partial charge in [0.15, 0.2) is 5.96 Å². The third-order valence-electron chi connectivity index (χ3n) is 3.87. The summed E-state index contributed by atoms with van der Waals surface area (Å²) in [5, 5.41) is 6.69. The lowest BCUT2D eigenvalue weighted by atomic mass is 10.1. The van der Waals surface area contributed by atoms with E-state index in [2.05, 4.69) is 25.6 Å². The van der Waals surface area contributed by atoms with Crippen LogP contribution < -0.4 is 10.6 Å². The molecule has 7 nitrogen and oxygen atoms in total. The minimum Gasteiger partial charge on any atom is -0.381 e. The van der Waals surface area contributed by atoms with E-state index < -0.39 is 0 Å². The van der Waals surface area contributed by atoms with Crippen molar-refractivity contribution in [2.45, 2.75) is 13.0 Å². The Morgan fingerprint density at radius 2 is 2.33 bits per heavy atom. The largest absolute Gasteiger partial charge is 0.381 e. The van der Waals surface area contributed by atoms with E-state index >= 15 is 0 Å². The first-order valence-corrected chi connectivity index (χ1v) is 7.81. The Kier molecular flexibility index (Phi) is 7.44. The van der Waals surface area contributed by atoms with Crippen LogP contribution in [-0.4, -0.2) is 47.3 Å². The van der Waals surface area contributed by atoms with E-state index in [0.717, 1.165) is 43.5 Å². The number of ether oxygens (including phenoxy) is 1. The fourth-order valence-electron chi connectivity index (χ4n) is 2.57. The van der Waals surface area contributed by atoms with E-state index in [1.54, 1.807) is 25.8 Å². The van der Waals surface area contributed by atoms with Crippen molar-refractivity contribution >= 4 is 29.9 Å². The summed E-state index contributed by atoms with van der Waals surface area (Å²) in [5.41, 5.74) is 1.08. The Bertz CT molecular complexity index is 640. The highest BCUT2D eigenvalue weighted by Crippen LogP contribution is 2.11. The number of aliphatic imine (C=N–C) groups is 1. The number of aromatic nitrogens is 3. The maximum absolute atomic E-state index is 5.39. The lowest BCUT2D eigenvalue weighted by Crippen LogP contribution is -2.39. The molecule has 1 aliphatic rings. The van der Waals surface area contributed by atoms with Crippen molar-refractivity contribution in [1.82, 2.24) is 25.2 Å². The van der Waals surface area contributed by atoms with Crippen LogP contribution in [0, 0.1) is 5.92 Å². The summed E-state index contributed by atoms with van der Waals surface area (Å²) in [6.45, 7) is 3.21. The van der Waals surface area contributed by atoms with Crippen LogP contribution in [0.2, 0.25) is 0 Å². The smallest absolute Gasteiger partial charge is 0.191 e. The molecule has 2 aromatic rings. The van der Waals surface area contributed by atoms with Gasteiger partial charge < -0.3 is 15.4 Å². The summed E-state index contributed by atoms with van der Waals surface area (Å²) in [4.78, 5) is 12.8. The Morgan fingerprint density at radius 3 is 3.04 bits per heavy atom. The summed E-state index contributed by atoms with van der Waals surface area (Å²) in [6, 6.07) is 3.98. The second-order valence-electron chi connectivity index (χ2n) is 5.49. The normalized spacial score (nSPS) is 17.4. The number of rotatable bonds is 5. The molecule has 0 aromatic carbocycles. The molecule has 1 aliphatic heterocycles. The van der Waals surface area contributed by atoms with Crippen molar-refractivity contribution in [2.24, 2.45) is 10.9 Å². The van der Waals surface area contributed by atoms with Gasteiger partial charge in [0.25, 0.3) is 0 Å². The molecular weight excluding hydrogens is 419 g/mol. The number of pyridine rings is 1. The monoisotopic (exact) mass is 442 g/mol. The van der Waals surface area contributed by atoms with Crippen molar-refractivity contribution in [2.75, 3.05) is 26.8 Å². The molecule has 1 fully saturated rings. The molecule has 1 saturated heterocycles. The van der Waals surface area contributed by atoms with Crippen LogP contribution in [0.4, 0.5) is 0 Å². The summed E-state index contributed by atoms with van der Waals surface area (Å²) >= 11 is 0. The Balaban J connectivity index is 0.00000208. The number of guanidine groups is 1. The van der Waals surface area contributed by atoms with Gasteiger partial charge in [-0.1, -0.05) is 6.07 Å². The van der Waals surface area contributed by atoms with Crippen LogP contribution >= 0.6 is 24.0 Å². The second-order valence-corrected chi connectivity index (χ2v) is 5.49. The summed E-state index contributed by atoms with van der Waals surface area (Å²) in [7, 11) is 1.78. The quantitative estimate of drug-likeness (QED) is 0.418. The molecule has 0 radical (unpaired) electrons. The van der Waals surface area contributed by atoms with Gasteiger partial charge in [-0.2, -0.15) is 0 Å². The predicted octanol–water partition coefficient (Wildman–Crippen LogP) is 1.59.